The molecule has 0 spiro atoms. The number of rotatable bonds is 5. The summed E-state index contributed by atoms with van der Waals surface area (Å²) in [6, 6.07) is 14.7. The predicted molar refractivity (Wildman–Crippen MR) is 92.9 cm³/mol. The van der Waals surface area contributed by atoms with Crippen molar-refractivity contribution < 1.29 is 14.3 Å². The fourth-order valence-electron chi connectivity index (χ4n) is 1.96. The number of hydrogen-bond donors (Lipinski definition) is 1. The molecule has 1 atom stereocenters. The van der Waals surface area contributed by atoms with Crippen molar-refractivity contribution in [3.05, 3.63) is 59.7 Å². The van der Waals surface area contributed by atoms with Gasteiger partial charge in [0.05, 0.1) is 17.9 Å². The second-order valence-corrected chi connectivity index (χ2v) is 6.55. The average molecular weight is 329 g/mol. The number of methoxy groups -OCH3 is 1. The first-order valence-corrected chi connectivity index (χ1v) is 8.10. The highest BCUT2D eigenvalue weighted by Gasteiger charge is 2.15. The number of carbonyl (C=O) groups excluding carboxylic acids is 2. The normalized spacial score (nSPS) is 11.6. The number of nitrogens with one attached hydrogen (secondary N) is 1. The van der Waals surface area contributed by atoms with Crippen LogP contribution in [0, 0.1) is 6.92 Å². The molecule has 0 aliphatic rings. The summed E-state index contributed by atoms with van der Waals surface area (Å²) in [6.45, 7) is 3.88. The monoisotopic (exact) mass is 329 g/mol. The molecule has 2 aromatic rings. The first kappa shape index (κ1) is 17.1. The molecule has 5 heteroatoms. The van der Waals surface area contributed by atoms with Crippen LogP contribution in [0.5, 0.6) is 0 Å². The van der Waals surface area contributed by atoms with E-state index in [2.05, 4.69) is 10.1 Å². The molecule has 0 bridgehead atoms. The third-order valence-electron chi connectivity index (χ3n) is 3.25. The van der Waals surface area contributed by atoms with Crippen LogP contribution in [0.3, 0.4) is 0 Å². The van der Waals surface area contributed by atoms with Gasteiger partial charge in [-0.1, -0.05) is 23.8 Å². The van der Waals surface area contributed by atoms with Crippen LogP contribution in [-0.4, -0.2) is 24.2 Å². The third kappa shape index (κ3) is 4.86. The van der Waals surface area contributed by atoms with E-state index < -0.39 is 5.97 Å². The Bertz CT molecular complexity index is 698. The number of esters is 1. The molecule has 120 valence electrons. The zero-order valence-corrected chi connectivity index (χ0v) is 14.1. The molecular formula is C18H19NO3S. The summed E-state index contributed by atoms with van der Waals surface area (Å²) in [5.41, 5.74) is 2.17. The Morgan fingerprint density at radius 2 is 1.83 bits per heavy atom. The zero-order valence-electron chi connectivity index (χ0n) is 13.3. The fraction of sp³-hybridized carbons (Fsp3) is 0.222. The van der Waals surface area contributed by atoms with E-state index in [9.17, 15) is 9.59 Å². The average Bonchev–Trinajstić information content (AvgIpc) is 2.56. The first-order chi connectivity index (χ1) is 11.0. The second-order valence-electron chi connectivity index (χ2n) is 5.13. The highest BCUT2D eigenvalue weighted by Crippen LogP contribution is 2.24. The SMILES string of the molecule is COC(=O)c1cccc(NC(=O)[C@H](C)Sc2ccc(C)cc2)c1. The molecule has 1 N–H and O–H groups in total. The molecule has 2 aromatic carbocycles. The van der Waals surface area contributed by atoms with Gasteiger partial charge in [0.1, 0.15) is 0 Å². The maximum atomic E-state index is 12.3. The van der Waals surface area contributed by atoms with E-state index in [0.29, 0.717) is 11.3 Å². The van der Waals surface area contributed by atoms with Crippen LogP contribution in [0.15, 0.2) is 53.4 Å². The summed E-state index contributed by atoms with van der Waals surface area (Å²) in [6.07, 6.45) is 0. The Kier molecular flexibility index (Phi) is 5.82. The molecule has 2 rings (SSSR count). The molecule has 0 radical (unpaired) electrons. The number of benzene rings is 2. The lowest BCUT2D eigenvalue weighted by molar-refractivity contribution is -0.115. The number of anilines is 1. The minimum absolute atomic E-state index is 0.113. The number of aryl methyl sites for hydroxylation is 1. The Labute approximate surface area is 140 Å². The van der Waals surface area contributed by atoms with Gasteiger partial charge >= 0.3 is 5.97 Å². The van der Waals surface area contributed by atoms with Crippen LogP contribution < -0.4 is 5.32 Å². The van der Waals surface area contributed by atoms with E-state index in [1.807, 2.05) is 38.1 Å². The zero-order chi connectivity index (χ0) is 16.8. The molecule has 1 amide bonds. The van der Waals surface area contributed by atoms with E-state index in [-0.39, 0.29) is 11.2 Å². The van der Waals surface area contributed by atoms with Gasteiger partial charge in [-0.05, 0) is 44.2 Å². The van der Waals surface area contributed by atoms with Crippen LogP contribution in [-0.2, 0) is 9.53 Å². The topological polar surface area (TPSA) is 55.4 Å². The third-order valence-corrected chi connectivity index (χ3v) is 4.37. The summed E-state index contributed by atoms with van der Waals surface area (Å²) < 4.78 is 4.68. The highest BCUT2D eigenvalue weighted by molar-refractivity contribution is 8.00. The van der Waals surface area contributed by atoms with Crippen molar-refractivity contribution >= 4 is 29.3 Å². The molecule has 23 heavy (non-hydrogen) atoms. The summed E-state index contributed by atoms with van der Waals surface area (Å²) >= 11 is 1.49. The van der Waals surface area contributed by atoms with Crippen molar-refractivity contribution in [1.82, 2.24) is 0 Å². The van der Waals surface area contributed by atoms with Crippen LogP contribution in [0.4, 0.5) is 5.69 Å². The Morgan fingerprint density at radius 3 is 2.48 bits per heavy atom. The van der Waals surface area contributed by atoms with Crippen molar-refractivity contribution in [2.75, 3.05) is 12.4 Å². The summed E-state index contributed by atoms with van der Waals surface area (Å²) in [4.78, 5) is 24.8. The van der Waals surface area contributed by atoms with E-state index in [0.717, 1.165) is 4.90 Å². The molecule has 0 aliphatic carbocycles. The lowest BCUT2D eigenvalue weighted by Crippen LogP contribution is -2.22. The van der Waals surface area contributed by atoms with E-state index in [1.165, 1.54) is 24.4 Å². The Morgan fingerprint density at radius 1 is 1.13 bits per heavy atom. The van der Waals surface area contributed by atoms with Crippen molar-refractivity contribution in [2.24, 2.45) is 0 Å². The van der Waals surface area contributed by atoms with Gasteiger partial charge in [0.25, 0.3) is 0 Å². The first-order valence-electron chi connectivity index (χ1n) is 7.22. The minimum Gasteiger partial charge on any atom is -0.465 e. The maximum Gasteiger partial charge on any atom is 0.337 e. The molecule has 0 heterocycles. The van der Waals surface area contributed by atoms with Crippen LogP contribution in [0.2, 0.25) is 0 Å². The number of ether oxygens (including phenoxy) is 1. The van der Waals surface area contributed by atoms with E-state index in [4.69, 9.17) is 0 Å². The molecular weight excluding hydrogens is 310 g/mol. The predicted octanol–water partition coefficient (Wildman–Crippen LogP) is 3.90. The molecule has 0 unspecified atom stereocenters. The highest BCUT2D eigenvalue weighted by atomic mass is 32.2. The minimum atomic E-state index is -0.428. The van der Waals surface area contributed by atoms with Crippen molar-refractivity contribution in [3.63, 3.8) is 0 Å². The van der Waals surface area contributed by atoms with Crippen molar-refractivity contribution in [3.8, 4) is 0 Å². The van der Waals surface area contributed by atoms with Gasteiger partial charge < -0.3 is 10.1 Å². The molecule has 0 saturated carbocycles. The summed E-state index contributed by atoms with van der Waals surface area (Å²) in [5, 5.41) is 2.57. The van der Waals surface area contributed by atoms with E-state index >= 15 is 0 Å². The van der Waals surface area contributed by atoms with Gasteiger partial charge in [-0.2, -0.15) is 0 Å². The largest absolute Gasteiger partial charge is 0.465 e. The summed E-state index contributed by atoms with van der Waals surface area (Å²) in [7, 11) is 1.33. The van der Waals surface area contributed by atoms with Crippen LogP contribution in [0.25, 0.3) is 0 Å². The van der Waals surface area contributed by atoms with E-state index in [1.54, 1.807) is 24.3 Å². The van der Waals surface area contributed by atoms with Gasteiger partial charge in [0.2, 0.25) is 5.91 Å². The van der Waals surface area contributed by atoms with Gasteiger partial charge in [0, 0.05) is 10.6 Å². The lowest BCUT2D eigenvalue weighted by Gasteiger charge is -2.12. The molecule has 0 fully saturated rings. The molecule has 0 saturated heterocycles. The second kappa shape index (κ2) is 7.83. The number of carbonyl (C=O) groups is 2. The molecule has 0 aliphatic heterocycles. The van der Waals surface area contributed by atoms with Crippen molar-refractivity contribution in [1.29, 1.82) is 0 Å². The van der Waals surface area contributed by atoms with Crippen LogP contribution >= 0.6 is 11.8 Å². The lowest BCUT2D eigenvalue weighted by atomic mass is 10.2. The smallest absolute Gasteiger partial charge is 0.337 e. The van der Waals surface area contributed by atoms with Gasteiger partial charge in [-0.25, -0.2) is 4.79 Å². The number of hydrogen-bond acceptors (Lipinski definition) is 4. The van der Waals surface area contributed by atoms with Crippen LogP contribution in [0.1, 0.15) is 22.8 Å². The number of amides is 1. The standard InChI is InChI=1S/C18H19NO3S/c1-12-7-9-16(10-8-12)23-13(2)17(20)19-15-6-4-5-14(11-15)18(21)22-3/h4-11,13H,1-3H3,(H,19,20)/t13-/m0/s1. The Hall–Kier alpha value is -2.27. The van der Waals surface area contributed by atoms with Crippen molar-refractivity contribution in [2.45, 2.75) is 24.0 Å². The maximum absolute atomic E-state index is 12.3. The molecule has 4 nitrogen and oxygen atoms in total. The Balaban J connectivity index is 2.00. The van der Waals surface area contributed by atoms with Gasteiger partial charge in [0.15, 0.2) is 0 Å². The fourth-order valence-corrected chi connectivity index (χ4v) is 2.83. The summed E-state index contributed by atoms with van der Waals surface area (Å²) in [5.74, 6) is -0.541. The number of thioether (sulfide) groups is 1. The van der Waals surface area contributed by atoms with Gasteiger partial charge in [-0.15, -0.1) is 11.8 Å². The van der Waals surface area contributed by atoms with Gasteiger partial charge in [-0.3, -0.25) is 4.79 Å². The molecule has 0 aromatic heterocycles. The quantitative estimate of drug-likeness (QED) is 0.668.